The van der Waals surface area contributed by atoms with Crippen LogP contribution in [-0.4, -0.2) is 4.90 Å². The topological polar surface area (TPSA) is 6.48 Å². The monoisotopic (exact) mass is 697 g/mol. The van der Waals surface area contributed by atoms with Crippen LogP contribution in [0.3, 0.4) is 0 Å². The smallest absolute Gasteiger partial charge is 0.0269 e. The van der Waals surface area contributed by atoms with Gasteiger partial charge >= 0.3 is 0 Å². The normalized spacial score (nSPS) is 13.7. The molecular weight excluding hydrogens is 650 g/mol. The third-order valence-corrected chi connectivity index (χ3v) is 8.07. The molecule has 2 aliphatic heterocycles. The Hall–Kier alpha value is -2.96. The van der Waals surface area contributed by atoms with E-state index < -0.39 is 0 Å². The molecule has 0 saturated heterocycles. The first-order valence-corrected chi connectivity index (χ1v) is 15.6. The summed E-state index contributed by atoms with van der Waals surface area (Å²) in [4.78, 5) is 4.75. The second kappa shape index (κ2) is 17.5. The van der Waals surface area contributed by atoms with Gasteiger partial charge in [0, 0.05) is 43.1 Å². The Labute approximate surface area is 287 Å². The average molecular weight is 699 g/mol. The summed E-state index contributed by atoms with van der Waals surface area (Å²) in [6.07, 6.45) is 15.9. The summed E-state index contributed by atoms with van der Waals surface area (Å²) in [6, 6.07) is 21.7. The van der Waals surface area contributed by atoms with E-state index in [0.717, 1.165) is 19.3 Å². The molecule has 0 amide bonds. The zero-order valence-corrected chi connectivity index (χ0v) is 29.7. The molecule has 44 heavy (non-hydrogen) atoms. The van der Waals surface area contributed by atoms with Crippen molar-refractivity contribution in [3.63, 3.8) is 0 Å². The number of hydrogen-bond acceptors (Lipinski definition) is 2. The molecule has 3 aromatic carbocycles. The van der Waals surface area contributed by atoms with Gasteiger partial charge in [0.05, 0.1) is 0 Å². The van der Waals surface area contributed by atoms with Crippen LogP contribution in [0, 0.1) is 13.6 Å². The maximum Gasteiger partial charge on any atom is 0.0269 e. The number of anilines is 1. The maximum atomic E-state index is 3.60. The van der Waals surface area contributed by atoms with E-state index in [9.17, 15) is 0 Å². The number of rotatable bonds is 8. The fourth-order valence-electron chi connectivity index (χ4n) is 5.84. The standard InChI is InChI=1S/C31H39N2.C9H9.ClH.Pd/c1-8-23-17-24(9-2)30(25(10-3)18-23)29-16-11-13-26-19-32(20-33(26)29)31-27(21(4)5)14-12-15-28(31)22(6)7;1-2-6-9-7-4-3-5-8-9;;/h11-22H,8-10H2,1-7H3;2-8H,1H2;1H;/q2*-1;;/p-1. The first kappa shape index (κ1) is 37.2. The summed E-state index contributed by atoms with van der Waals surface area (Å²) in [5.41, 5.74) is 13.6. The molecule has 0 N–H and O–H groups in total. The third kappa shape index (κ3) is 8.39. The molecular formula is C40H48ClN2Pd-3. The predicted octanol–water partition coefficient (Wildman–Crippen LogP) is 7.85. The van der Waals surface area contributed by atoms with E-state index in [1.165, 1.54) is 56.0 Å². The second-order valence-electron chi connectivity index (χ2n) is 11.6. The zero-order chi connectivity index (χ0) is 30.2. The van der Waals surface area contributed by atoms with Gasteiger partial charge in [0.15, 0.2) is 0 Å². The molecule has 2 heterocycles. The number of halogens is 1. The largest absolute Gasteiger partial charge is 1.00 e. The van der Waals surface area contributed by atoms with Gasteiger partial charge in [0.1, 0.15) is 0 Å². The molecule has 5 rings (SSSR count). The van der Waals surface area contributed by atoms with Crippen LogP contribution in [0.15, 0.2) is 96.9 Å². The van der Waals surface area contributed by atoms with Crippen LogP contribution in [0.1, 0.15) is 99.2 Å². The van der Waals surface area contributed by atoms with Crippen molar-refractivity contribution in [2.24, 2.45) is 0 Å². The first-order chi connectivity index (χ1) is 20.3. The number of hydrogen-bond donors (Lipinski definition) is 0. The van der Waals surface area contributed by atoms with Crippen molar-refractivity contribution < 1.29 is 32.8 Å². The summed E-state index contributed by atoms with van der Waals surface area (Å²) >= 11 is 0. The first-order valence-electron chi connectivity index (χ1n) is 15.6. The van der Waals surface area contributed by atoms with Crippen LogP contribution in [-0.2, 0) is 39.7 Å². The SMILES string of the molecule is CCc1cc(CC)c(C2=CC=CC3=CN(c4c(C(C)C)cccc4C(C)C)[CH-]N32)c(CC)c1.[CH2-]C=Cc1ccccc1.[Cl-].[Pd]. The molecule has 0 fully saturated rings. The Bertz CT molecular complexity index is 1430. The van der Waals surface area contributed by atoms with Crippen LogP contribution in [0.2, 0.25) is 0 Å². The number of benzene rings is 3. The van der Waals surface area contributed by atoms with Gasteiger partial charge in [-0.3, -0.25) is 0 Å². The predicted molar refractivity (Wildman–Crippen MR) is 184 cm³/mol. The molecule has 0 aromatic heterocycles. The molecule has 238 valence electrons. The van der Waals surface area contributed by atoms with Crippen LogP contribution in [0.4, 0.5) is 5.69 Å². The molecule has 2 aliphatic rings. The fourth-order valence-corrected chi connectivity index (χ4v) is 5.84. The van der Waals surface area contributed by atoms with Crippen molar-refractivity contribution >= 4 is 17.5 Å². The van der Waals surface area contributed by atoms with E-state index in [1.54, 1.807) is 6.08 Å². The molecule has 3 aromatic rings. The third-order valence-electron chi connectivity index (χ3n) is 8.07. The molecule has 0 radical (unpaired) electrons. The maximum absolute atomic E-state index is 3.60. The number of fused-ring (bicyclic) bond motifs is 1. The van der Waals surface area contributed by atoms with Gasteiger partial charge in [-0.2, -0.15) is 0 Å². The number of aryl methyl sites for hydroxylation is 3. The minimum Gasteiger partial charge on any atom is -1.00 e. The van der Waals surface area contributed by atoms with Crippen LogP contribution in [0.5, 0.6) is 0 Å². The quantitative estimate of drug-likeness (QED) is 0.175. The molecule has 0 spiro atoms. The summed E-state index contributed by atoms with van der Waals surface area (Å²) in [5.74, 6) is 0.933. The Morgan fingerprint density at radius 1 is 0.818 bits per heavy atom. The molecule has 4 heteroatoms. The summed E-state index contributed by atoms with van der Waals surface area (Å²) in [6.45, 7) is 21.9. The summed E-state index contributed by atoms with van der Waals surface area (Å²) in [7, 11) is 0. The molecule has 0 atom stereocenters. The molecule has 2 nitrogen and oxygen atoms in total. The van der Waals surface area contributed by atoms with Gasteiger partial charge < -0.3 is 22.2 Å². The number of nitrogens with zero attached hydrogens (tertiary/aromatic N) is 2. The van der Waals surface area contributed by atoms with Crippen molar-refractivity contribution in [3.8, 4) is 0 Å². The Morgan fingerprint density at radius 2 is 1.41 bits per heavy atom. The molecule has 0 unspecified atom stereocenters. The second-order valence-corrected chi connectivity index (χ2v) is 11.6. The van der Waals surface area contributed by atoms with E-state index in [1.807, 2.05) is 36.4 Å². The Morgan fingerprint density at radius 3 is 1.91 bits per heavy atom. The Kier molecular flexibility index (Phi) is 14.8. The number of para-hydroxylation sites is 1. The van der Waals surface area contributed by atoms with Crippen molar-refractivity contribution in [2.75, 3.05) is 4.90 Å². The van der Waals surface area contributed by atoms with Crippen LogP contribution < -0.4 is 17.3 Å². The van der Waals surface area contributed by atoms with Gasteiger partial charge in [-0.25, -0.2) is 19.1 Å². The van der Waals surface area contributed by atoms with E-state index in [4.69, 9.17) is 0 Å². The van der Waals surface area contributed by atoms with Crippen LogP contribution in [0.25, 0.3) is 11.8 Å². The minimum atomic E-state index is 0. The zero-order valence-electron chi connectivity index (χ0n) is 27.4. The van der Waals surface area contributed by atoms with E-state index in [0.29, 0.717) is 11.8 Å². The summed E-state index contributed by atoms with van der Waals surface area (Å²) in [5, 5.41) is 0. The molecule has 0 bridgehead atoms. The van der Waals surface area contributed by atoms with Gasteiger partial charge in [-0.15, -0.1) is 12.2 Å². The minimum absolute atomic E-state index is 0. The van der Waals surface area contributed by atoms with Crippen molar-refractivity contribution in [2.45, 2.75) is 79.6 Å². The Balaban J connectivity index is 0.000000529. The van der Waals surface area contributed by atoms with Crippen molar-refractivity contribution in [1.29, 1.82) is 0 Å². The van der Waals surface area contributed by atoms with Gasteiger partial charge in [0.25, 0.3) is 0 Å². The van der Waals surface area contributed by atoms with E-state index >= 15 is 0 Å². The van der Waals surface area contributed by atoms with Gasteiger partial charge in [-0.1, -0.05) is 115 Å². The van der Waals surface area contributed by atoms with Crippen molar-refractivity contribution in [3.05, 3.63) is 149 Å². The van der Waals surface area contributed by atoms with Gasteiger partial charge in [-0.05, 0) is 77.3 Å². The molecule has 0 saturated carbocycles. The van der Waals surface area contributed by atoms with E-state index in [2.05, 4.69) is 127 Å². The van der Waals surface area contributed by atoms with E-state index in [-0.39, 0.29) is 32.8 Å². The van der Waals surface area contributed by atoms with Crippen LogP contribution >= 0.6 is 0 Å². The molecule has 0 aliphatic carbocycles. The number of allylic oxidation sites excluding steroid dienone is 4. The fraction of sp³-hybridized carbons (Fsp3) is 0.300. The van der Waals surface area contributed by atoms with Crippen molar-refractivity contribution in [1.82, 2.24) is 4.90 Å². The average Bonchev–Trinajstić information content (AvgIpc) is 3.45. The summed E-state index contributed by atoms with van der Waals surface area (Å²) < 4.78 is 0. The van der Waals surface area contributed by atoms with Gasteiger partial charge in [0.2, 0.25) is 0 Å².